The highest BCUT2D eigenvalue weighted by atomic mass is 32.1. The molecule has 9 heteroatoms. The lowest BCUT2D eigenvalue weighted by Crippen LogP contribution is -2.42. The molecule has 0 spiro atoms. The van der Waals surface area contributed by atoms with E-state index in [4.69, 9.17) is 9.47 Å². The molecule has 2 aromatic rings. The Morgan fingerprint density at radius 2 is 1.96 bits per heavy atom. The van der Waals surface area contributed by atoms with Crippen molar-refractivity contribution in [1.29, 1.82) is 0 Å². The summed E-state index contributed by atoms with van der Waals surface area (Å²) in [6.07, 6.45) is 0.153. The predicted octanol–water partition coefficient (Wildman–Crippen LogP) is 0.992. The van der Waals surface area contributed by atoms with Gasteiger partial charge in [0.2, 0.25) is 5.91 Å². The van der Waals surface area contributed by atoms with Crippen molar-refractivity contribution in [3.8, 4) is 5.75 Å². The average molecular weight is 376 g/mol. The first kappa shape index (κ1) is 18.2. The van der Waals surface area contributed by atoms with Crippen LogP contribution in [0.1, 0.15) is 16.1 Å². The highest BCUT2D eigenvalue weighted by molar-refractivity contribution is 7.13. The Morgan fingerprint density at radius 1 is 1.23 bits per heavy atom. The van der Waals surface area contributed by atoms with E-state index in [1.807, 2.05) is 0 Å². The van der Waals surface area contributed by atoms with Gasteiger partial charge >= 0.3 is 0 Å². The molecule has 1 saturated heterocycles. The van der Waals surface area contributed by atoms with Crippen LogP contribution in [0.15, 0.2) is 29.6 Å². The second-order valence-electron chi connectivity index (χ2n) is 5.64. The van der Waals surface area contributed by atoms with E-state index in [1.54, 1.807) is 36.8 Å². The maximum absolute atomic E-state index is 12.1. The van der Waals surface area contributed by atoms with Crippen LogP contribution in [0.2, 0.25) is 0 Å². The van der Waals surface area contributed by atoms with Crippen LogP contribution in [-0.4, -0.2) is 50.2 Å². The van der Waals surface area contributed by atoms with Gasteiger partial charge in [0.05, 0.1) is 26.7 Å². The maximum atomic E-state index is 12.1. The molecule has 1 aromatic carbocycles. The summed E-state index contributed by atoms with van der Waals surface area (Å²) in [6, 6.07) is 7.16. The molecule has 0 bridgehead atoms. The van der Waals surface area contributed by atoms with Crippen molar-refractivity contribution < 1.29 is 19.1 Å². The molecule has 1 aliphatic heterocycles. The third-order valence-electron chi connectivity index (χ3n) is 3.85. The Balaban J connectivity index is 1.48. The molecule has 1 fully saturated rings. The van der Waals surface area contributed by atoms with E-state index in [9.17, 15) is 9.59 Å². The number of rotatable bonds is 5. The first-order valence-corrected chi connectivity index (χ1v) is 9.04. The van der Waals surface area contributed by atoms with Crippen LogP contribution in [0.4, 0.5) is 5.13 Å². The zero-order valence-corrected chi connectivity index (χ0v) is 15.2. The van der Waals surface area contributed by atoms with E-state index in [0.29, 0.717) is 13.2 Å². The third-order valence-corrected chi connectivity index (χ3v) is 4.75. The number of benzene rings is 1. The van der Waals surface area contributed by atoms with Crippen LogP contribution >= 0.6 is 11.3 Å². The SMILES string of the molecule is COc1ccc(CC(=O)NNC(=O)c2csc(N3CCOCC3)n2)cc1. The average Bonchev–Trinajstić information content (AvgIpc) is 3.18. The minimum atomic E-state index is -0.441. The fourth-order valence-electron chi connectivity index (χ4n) is 2.43. The lowest BCUT2D eigenvalue weighted by molar-refractivity contribution is -0.121. The molecule has 2 heterocycles. The van der Waals surface area contributed by atoms with E-state index >= 15 is 0 Å². The number of nitrogens with zero attached hydrogens (tertiary/aromatic N) is 2. The monoisotopic (exact) mass is 376 g/mol. The molecular formula is C17H20N4O4S. The third kappa shape index (κ3) is 4.70. The van der Waals surface area contributed by atoms with Crippen LogP contribution in [0.5, 0.6) is 5.75 Å². The first-order valence-electron chi connectivity index (χ1n) is 8.16. The van der Waals surface area contributed by atoms with Gasteiger partial charge in [-0.2, -0.15) is 0 Å². The molecule has 0 radical (unpaired) electrons. The van der Waals surface area contributed by atoms with Gasteiger partial charge < -0.3 is 14.4 Å². The number of carbonyl (C=O) groups is 2. The minimum absolute atomic E-state index is 0.153. The predicted molar refractivity (Wildman–Crippen MR) is 97.5 cm³/mol. The zero-order valence-electron chi connectivity index (χ0n) is 14.4. The molecule has 2 N–H and O–H groups in total. The molecular weight excluding hydrogens is 356 g/mol. The molecule has 1 aromatic heterocycles. The number of hydrazine groups is 1. The standard InChI is InChI=1S/C17H20N4O4S/c1-24-13-4-2-12(3-5-13)10-15(22)19-20-16(23)14-11-26-17(18-14)21-6-8-25-9-7-21/h2-5,11H,6-10H2,1H3,(H,19,22)(H,20,23). The number of amides is 2. The Bertz CT molecular complexity index is 756. The number of morpholine rings is 1. The number of hydrogen-bond donors (Lipinski definition) is 2. The number of aromatic nitrogens is 1. The van der Waals surface area contributed by atoms with Crippen molar-refractivity contribution in [3.63, 3.8) is 0 Å². The molecule has 138 valence electrons. The quantitative estimate of drug-likeness (QED) is 0.756. The van der Waals surface area contributed by atoms with Crippen molar-refractivity contribution in [2.24, 2.45) is 0 Å². The summed E-state index contributed by atoms with van der Waals surface area (Å²) in [5.41, 5.74) is 5.90. The van der Waals surface area contributed by atoms with Gasteiger partial charge in [-0.25, -0.2) is 4.98 Å². The number of ether oxygens (including phenoxy) is 2. The zero-order chi connectivity index (χ0) is 18.4. The molecule has 1 aliphatic rings. The molecule has 2 amide bonds. The van der Waals surface area contributed by atoms with Gasteiger partial charge in [-0.1, -0.05) is 12.1 Å². The summed E-state index contributed by atoms with van der Waals surface area (Å²) in [5.74, 6) is -0.0296. The summed E-state index contributed by atoms with van der Waals surface area (Å²) < 4.78 is 10.4. The fraction of sp³-hybridized carbons (Fsp3) is 0.353. The lowest BCUT2D eigenvalue weighted by atomic mass is 10.1. The fourth-order valence-corrected chi connectivity index (χ4v) is 3.29. The second-order valence-corrected chi connectivity index (χ2v) is 6.48. The van der Waals surface area contributed by atoms with Gasteiger partial charge in [-0.3, -0.25) is 20.4 Å². The normalized spacial score (nSPS) is 14.0. The summed E-state index contributed by atoms with van der Waals surface area (Å²) in [7, 11) is 1.58. The van der Waals surface area contributed by atoms with Crippen LogP contribution in [0.3, 0.4) is 0 Å². The number of methoxy groups -OCH3 is 1. The van der Waals surface area contributed by atoms with Crippen LogP contribution in [0.25, 0.3) is 0 Å². The molecule has 0 atom stereocenters. The lowest BCUT2D eigenvalue weighted by Gasteiger charge is -2.25. The molecule has 0 saturated carbocycles. The van der Waals surface area contributed by atoms with Crippen molar-refractivity contribution in [2.45, 2.75) is 6.42 Å². The topological polar surface area (TPSA) is 92.8 Å². The largest absolute Gasteiger partial charge is 0.497 e. The van der Waals surface area contributed by atoms with Crippen LogP contribution < -0.4 is 20.5 Å². The van der Waals surface area contributed by atoms with Gasteiger partial charge in [0.1, 0.15) is 11.4 Å². The maximum Gasteiger partial charge on any atom is 0.289 e. The summed E-state index contributed by atoms with van der Waals surface area (Å²) in [5, 5.41) is 2.46. The van der Waals surface area contributed by atoms with Gasteiger partial charge in [0.15, 0.2) is 5.13 Å². The first-order chi connectivity index (χ1) is 12.7. The number of nitrogens with one attached hydrogen (secondary N) is 2. The highest BCUT2D eigenvalue weighted by Crippen LogP contribution is 2.21. The van der Waals surface area contributed by atoms with Crippen molar-refractivity contribution >= 4 is 28.3 Å². The van der Waals surface area contributed by atoms with Gasteiger partial charge in [0, 0.05) is 18.5 Å². The van der Waals surface area contributed by atoms with Crippen molar-refractivity contribution in [1.82, 2.24) is 15.8 Å². The van der Waals surface area contributed by atoms with Gasteiger partial charge in [-0.15, -0.1) is 11.3 Å². The van der Waals surface area contributed by atoms with E-state index in [1.165, 1.54) is 11.3 Å². The Labute approximate surface area is 155 Å². The van der Waals surface area contributed by atoms with E-state index < -0.39 is 5.91 Å². The smallest absolute Gasteiger partial charge is 0.289 e. The molecule has 3 rings (SSSR count). The number of anilines is 1. The summed E-state index contributed by atoms with van der Waals surface area (Å²) >= 11 is 1.40. The Morgan fingerprint density at radius 3 is 2.65 bits per heavy atom. The summed E-state index contributed by atoms with van der Waals surface area (Å²) in [4.78, 5) is 30.5. The van der Waals surface area contributed by atoms with E-state index in [0.717, 1.165) is 29.5 Å². The number of carbonyl (C=O) groups excluding carboxylic acids is 2. The van der Waals surface area contributed by atoms with E-state index in [2.05, 4.69) is 20.7 Å². The van der Waals surface area contributed by atoms with Gasteiger partial charge in [-0.05, 0) is 17.7 Å². The molecule has 0 unspecified atom stereocenters. The Kier molecular flexibility index (Phi) is 6.03. The van der Waals surface area contributed by atoms with Crippen molar-refractivity contribution in [3.05, 3.63) is 40.9 Å². The summed E-state index contributed by atoms with van der Waals surface area (Å²) in [6.45, 7) is 2.82. The van der Waals surface area contributed by atoms with Gasteiger partial charge in [0.25, 0.3) is 5.91 Å². The number of thiazole rings is 1. The minimum Gasteiger partial charge on any atom is -0.497 e. The van der Waals surface area contributed by atoms with E-state index in [-0.39, 0.29) is 18.0 Å². The highest BCUT2D eigenvalue weighted by Gasteiger charge is 2.17. The second kappa shape index (κ2) is 8.63. The van der Waals surface area contributed by atoms with Crippen LogP contribution in [-0.2, 0) is 16.0 Å². The molecule has 26 heavy (non-hydrogen) atoms. The van der Waals surface area contributed by atoms with Crippen LogP contribution in [0, 0.1) is 0 Å². The molecule has 0 aliphatic carbocycles. The van der Waals surface area contributed by atoms with Crippen molar-refractivity contribution in [2.75, 3.05) is 38.3 Å². The Hall–Kier alpha value is -2.65. The molecule has 8 nitrogen and oxygen atoms in total. The number of hydrogen-bond acceptors (Lipinski definition) is 7.